The van der Waals surface area contributed by atoms with E-state index in [1.807, 2.05) is 6.07 Å². The number of methoxy groups -OCH3 is 1. The van der Waals surface area contributed by atoms with E-state index in [0.717, 1.165) is 12.7 Å². The highest BCUT2D eigenvalue weighted by Crippen LogP contribution is 2.02. The minimum atomic E-state index is -1.29. The number of hydrogen-bond donors (Lipinski definition) is 5. The van der Waals surface area contributed by atoms with Crippen molar-refractivity contribution in [1.82, 2.24) is 25.9 Å². The minimum absolute atomic E-state index is 0.0232. The third-order valence-electron chi connectivity index (χ3n) is 4.22. The van der Waals surface area contributed by atoms with Gasteiger partial charge in [-0.2, -0.15) is 0 Å². The highest BCUT2D eigenvalue weighted by atomic mass is 16.5. The fourth-order valence-corrected chi connectivity index (χ4v) is 2.59. The summed E-state index contributed by atoms with van der Waals surface area (Å²) in [4.78, 5) is 55.0. The molecular formula is C20H25N5O7. The van der Waals surface area contributed by atoms with Crippen LogP contribution in [0.2, 0.25) is 0 Å². The van der Waals surface area contributed by atoms with Crippen LogP contribution in [0.3, 0.4) is 0 Å². The number of nitrogens with one attached hydrogen (secondary N) is 4. The largest absolute Gasteiger partial charge is 0.467 e. The molecule has 0 aliphatic heterocycles. The van der Waals surface area contributed by atoms with Crippen molar-refractivity contribution in [2.24, 2.45) is 0 Å². The lowest BCUT2D eigenvalue weighted by atomic mass is 10.1. The number of ether oxygens (including phenoxy) is 2. The van der Waals surface area contributed by atoms with Gasteiger partial charge >= 0.3 is 12.1 Å². The van der Waals surface area contributed by atoms with E-state index in [1.54, 1.807) is 24.3 Å². The molecule has 5 N–H and O–H groups in total. The number of carbonyl (C=O) groups excluding carboxylic acids is 4. The molecule has 0 radical (unpaired) electrons. The third-order valence-corrected chi connectivity index (χ3v) is 4.22. The van der Waals surface area contributed by atoms with Crippen molar-refractivity contribution in [2.45, 2.75) is 25.1 Å². The van der Waals surface area contributed by atoms with Crippen LogP contribution in [0, 0.1) is 0 Å². The molecule has 0 fully saturated rings. The van der Waals surface area contributed by atoms with Gasteiger partial charge in [0.15, 0.2) is 6.04 Å². The summed E-state index contributed by atoms with van der Waals surface area (Å²) >= 11 is 0. The monoisotopic (exact) mass is 447 g/mol. The molecule has 0 saturated carbocycles. The molecule has 0 unspecified atom stereocenters. The van der Waals surface area contributed by atoms with Gasteiger partial charge in [-0.05, 0) is 5.56 Å². The first-order valence-electron chi connectivity index (χ1n) is 9.63. The van der Waals surface area contributed by atoms with Crippen molar-refractivity contribution in [3.8, 4) is 0 Å². The zero-order valence-corrected chi connectivity index (χ0v) is 17.4. The van der Waals surface area contributed by atoms with Gasteiger partial charge in [-0.25, -0.2) is 14.6 Å². The van der Waals surface area contributed by atoms with E-state index in [2.05, 4.69) is 30.7 Å². The van der Waals surface area contributed by atoms with Crippen LogP contribution >= 0.6 is 0 Å². The van der Waals surface area contributed by atoms with Crippen LogP contribution in [0.25, 0.3) is 0 Å². The van der Waals surface area contributed by atoms with Gasteiger partial charge in [0, 0.05) is 18.3 Å². The summed E-state index contributed by atoms with van der Waals surface area (Å²) in [6.07, 6.45) is 2.09. The predicted octanol–water partition coefficient (Wildman–Crippen LogP) is -0.986. The zero-order chi connectivity index (χ0) is 23.3. The molecule has 0 spiro atoms. The summed E-state index contributed by atoms with van der Waals surface area (Å²) in [6, 6.07) is 6.59. The second kappa shape index (κ2) is 12.7. The number of aromatic nitrogens is 2. The van der Waals surface area contributed by atoms with Crippen molar-refractivity contribution in [3.63, 3.8) is 0 Å². The predicted molar refractivity (Wildman–Crippen MR) is 110 cm³/mol. The molecule has 32 heavy (non-hydrogen) atoms. The van der Waals surface area contributed by atoms with Crippen molar-refractivity contribution in [3.05, 3.63) is 54.1 Å². The first kappa shape index (κ1) is 24.3. The molecule has 12 heteroatoms. The Balaban J connectivity index is 1.89. The van der Waals surface area contributed by atoms with Crippen LogP contribution < -0.4 is 16.0 Å². The molecule has 2 atom stereocenters. The molecule has 12 nitrogen and oxygen atoms in total. The lowest BCUT2D eigenvalue weighted by Crippen LogP contribution is -2.55. The van der Waals surface area contributed by atoms with Gasteiger partial charge < -0.3 is 35.5 Å². The van der Waals surface area contributed by atoms with Crippen molar-refractivity contribution < 1.29 is 33.8 Å². The number of hydrogen-bond acceptors (Lipinski definition) is 8. The molecule has 2 rings (SSSR count). The summed E-state index contributed by atoms with van der Waals surface area (Å²) in [7, 11) is 1.11. The highest BCUT2D eigenvalue weighted by molar-refractivity contribution is 5.92. The van der Waals surface area contributed by atoms with Gasteiger partial charge in [-0.1, -0.05) is 30.3 Å². The van der Waals surface area contributed by atoms with Gasteiger partial charge in [0.1, 0.15) is 19.2 Å². The SMILES string of the molecule is COC(=O)[C@H](CO)NC(=O)[C@@H](Cc1cnc[nH]1)NC(=O)CNC(=O)OCc1ccccc1. The molecule has 0 bridgehead atoms. The summed E-state index contributed by atoms with van der Waals surface area (Å²) in [5, 5.41) is 16.4. The molecule has 3 amide bonds. The van der Waals surface area contributed by atoms with Crippen LogP contribution in [0.1, 0.15) is 11.3 Å². The lowest BCUT2D eigenvalue weighted by Gasteiger charge is -2.21. The number of rotatable bonds is 11. The number of benzene rings is 1. The van der Waals surface area contributed by atoms with Gasteiger partial charge in [-0.3, -0.25) is 9.59 Å². The molecule has 172 valence electrons. The van der Waals surface area contributed by atoms with E-state index in [1.165, 1.54) is 12.5 Å². The van der Waals surface area contributed by atoms with E-state index in [4.69, 9.17) is 4.74 Å². The Labute approximate surface area is 183 Å². The summed E-state index contributed by atoms with van der Waals surface area (Å²) in [5.74, 6) is -2.24. The van der Waals surface area contributed by atoms with E-state index < -0.39 is 49.1 Å². The molecule has 0 saturated heterocycles. The number of esters is 1. The normalized spacial score (nSPS) is 12.2. The van der Waals surface area contributed by atoms with Crippen LogP contribution in [-0.2, 0) is 36.9 Å². The van der Waals surface area contributed by atoms with Gasteiger partial charge in [0.2, 0.25) is 11.8 Å². The molecule has 2 aromatic rings. The molecule has 1 aromatic carbocycles. The van der Waals surface area contributed by atoms with E-state index in [9.17, 15) is 24.3 Å². The van der Waals surface area contributed by atoms with Crippen LogP contribution in [0.15, 0.2) is 42.9 Å². The number of amides is 3. The first-order valence-corrected chi connectivity index (χ1v) is 9.63. The number of aromatic amines is 1. The number of aliphatic hydroxyl groups is 1. The molecular weight excluding hydrogens is 422 g/mol. The number of nitrogens with zero attached hydrogens (tertiary/aromatic N) is 1. The van der Waals surface area contributed by atoms with E-state index >= 15 is 0 Å². The first-order chi connectivity index (χ1) is 15.4. The zero-order valence-electron chi connectivity index (χ0n) is 17.4. The lowest BCUT2D eigenvalue weighted by molar-refractivity contribution is -0.146. The van der Waals surface area contributed by atoms with Gasteiger partial charge in [0.05, 0.1) is 20.0 Å². The maximum Gasteiger partial charge on any atom is 0.407 e. The number of aliphatic hydroxyl groups excluding tert-OH is 1. The quantitative estimate of drug-likeness (QED) is 0.273. The topological polar surface area (TPSA) is 172 Å². The third kappa shape index (κ3) is 8.07. The second-order valence-corrected chi connectivity index (χ2v) is 6.58. The Bertz CT molecular complexity index is 889. The number of imidazole rings is 1. The van der Waals surface area contributed by atoms with Crippen LogP contribution in [0.5, 0.6) is 0 Å². The molecule has 0 aliphatic rings. The summed E-state index contributed by atoms with van der Waals surface area (Å²) in [5.41, 5.74) is 1.33. The van der Waals surface area contributed by atoms with Crippen LogP contribution in [-0.4, -0.2) is 71.3 Å². The number of carbonyl (C=O) groups is 4. The van der Waals surface area contributed by atoms with Crippen molar-refractivity contribution in [1.29, 1.82) is 0 Å². The minimum Gasteiger partial charge on any atom is -0.467 e. The van der Waals surface area contributed by atoms with Gasteiger partial charge in [-0.15, -0.1) is 0 Å². The Morgan fingerprint density at radius 1 is 1.12 bits per heavy atom. The standard InChI is InChI=1S/C20H25N5O7/c1-31-19(29)16(10-26)25-18(28)15(7-14-8-21-12-23-14)24-17(27)9-22-20(30)32-11-13-5-3-2-4-6-13/h2-6,8,12,15-16,26H,7,9-11H2,1H3,(H,21,23)(H,22,30)(H,24,27)(H,25,28)/t15-,16+/m1/s1. The summed E-state index contributed by atoms with van der Waals surface area (Å²) < 4.78 is 9.53. The molecule has 1 heterocycles. The number of alkyl carbamates (subject to hydrolysis) is 1. The number of H-pyrrole nitrogens is 1. The Morgan fingerprint density at radius 2 is 1.88 bits per heavy atom. The Kier molecular flexibility index (Phi) is 9.66. The smallest absolute Gasteiger partial charge is 0.407 e. The Hall–Kier alpha value is -3.93. The fourth-order valence-electron chi connectivity index (χ4n) is 2.59. The maximum atomic E-state index is 12.6. The van der Waals surface area contributed by atoms with Crippen LogP contribution in [0.4, 0.5) is 4.79 Å². The average molecular weight is 447 g/mol. The second-order valence-electron chi connectivity index (χ2n) is 6.58. The Morgan fingerprint density at radius 3 is 2.50 bits per heavy atom. The van der Waals surface area contributed by atoms with Crippen molar-refractivity contribution in [2.75, 3.05) is 20.3 Å². The van der Waals surface area contributed by atoms with E-state index in [-0.39, 0.29) is 13.0 Å². The molecule has 0 aliphatic carbocycles. The van der Waals surface area contributed by atoms with E-state index in [0.29, 0.717) is 5.69 Å². The van der Waals surface area contributed by atoms with Crippen molar-refractivity contribution >= 4 is 23.9 Å². The highest BCUT2D eigenvalue weighted by Gasteiger charge is 2.27. The summed E-state index contributed by atoms with van der Waals surface area (Å²) in [6.45, 7) is -1.09. The molecule has 1 aromatic heterocycles. The maximum absolute atomic E-state index is 12.6. The van der Waals surface area contributed by atoms with Gasteiger partial charge in [0.25, 0.3) is 0 Å². The average Bonchev–Trinajstić information content (AvgIpc) is 3.32. The fraction of sp³-hybridized carbons (Fsp3) is 0.350.